The van der Waals surface area contributed by atoms with Crippen molar-refractivity contribution >= 4 is 29.1 Å². The summed E-state index contributed by atoms with van der Waals surface area (Å²) >= 11 is 5.77. The van der Waals surface area contributed by atoms with Crippen LogP contribution in [0.1, 0.15) is 36.8 Å². The smallest absolute Gasteiger partial charge is 0.226 e. The Labute approximate surface area is 164 Å². The summed E-state index contributed by atoms with van der Waals surface area (Å²) in [6.07, 6.45) is 3.37. The van der Waals surface area contributed by atoms with E-state index in [-0.39, 0.29) is 11.8 Å². The maximum absolute atomic E-state index is 12.3. The number of likely N-dealkylation sites (tertiary alicyclic amines) is 1. The summed E-state index contributed by atoms with van der Waals surface area (Å²) in [7, 11) is 1.79. The largest absolute Gasteiger partial charge is 0.341 e. The predicted octanol–water partition coefficient (Wildman–Crippen LogP) is 3.67. The molecule has 1 aromatic carbocycles. The van der Waals surface area contributed by atoms with Gasteiger partial charge in [0.2, 0.25) is 11.8 Å². The minimum absolute atomic E-state index is 0.0963. The fraction of sp³-hybridized carbons (Fsp3) is 0.381. The van der Waals surface area contributed by atoms with Crippen molar-refractivity contribution < 1.29 is 9.59 Å². The topological polar surface area (TPSA) is 53.5 Å². The zero-order valence-electron chi connectivity index (χ0n) is 15.7. The molecule has 1 fully saturated rings. The molecule has 0 N–H and O–H groups in total. The van der Waals surface area contributed by atoms with Crippen molar-refractivity contribution in [3.05, 3.63) is 58.9 Å². The summed E-state index contributed by atoms with van der Waals surface area (Å²) < 4.78 is 0. The number of carbonyl (C=O) groups is 2. The Balaban J connectivity index is 1.48. The number of anilines is 1. The van der Waals surface area contributed by atoms with Gasteiger partial charge in [0.15, 0.2) is 0 Å². The van der Waals surface area contributed by atoms with E-state index in [9.17, 15) is 9.59 Å². The van der Waals surface area contributed by atoms with E-state index in [1.165, 1.54) is 5.56 Å². The molecule has 0 saturated carbocycles. The van der Waals surface area contributed by atoms with E-state index < -0.39 is 0 Å². The molecule has 0 radical (unpaired) electrons. The second-order valence-electron chi connectivity index (χ2n) is 6.88. The SMILES string of the molecule is CCC(=O)N(C)c1ccc(C2CN(C(=O)CCc3ccc(Cl)nc3)C2)cc1. The van der Waals surface area contributed by atoms with Gasteiger partial charge in [0, 0.05) is 50.8 Å². The molecule has 27 heavy (non-hydrogen) atoms. The third kappa shape index (κ3) is 4.66. The number of aryl methyl sites for hydroxylation is 1. The quantitative estimate of drug-likeness (QED) is 0.713. The van der Waals surface area contributed by atoms with Crippen LogP contribution in [0.5, 0.6) is 0 Å². The molecule has 5 nitrogen and oxygen atoms in total. The molecule has 1 saturated heterocycles. The number of hydrogen-bond acceptors (Lipinski definition) is 3. The van der Waals surface area contributed by atoms with E-state index >= 15 is 0 Å². The van der Waals surface area contributed by atoms with Crippen LogP contribution in [0.25, 0.3) is 0 Å². The van der Waals surface area contributed by atoms with Crippen LogP contribution in [-0.4, -0.2) is 41.8 Å². The summed E-state index contributed by atoms with van der Waals surface area (Å²) in [6, 6.07) is 11.7. The lowest BCUT2D eigenvalue weighted by Crippen LogP contribution is -2.48. The van der Waals surface area contributed by atoms with E-state index in [2.05, 4.69) is 17.1 Å². The van der Waals surface area contributed by atoms with Gasteiger partial charge >= 0.3 is 0 Å². The number of nitrogens with zero attached hydrogens (tertiary/aromatic N) is 3. The summed E-state index contributed by atoms with van der Waals surface area (Å²) in [5.74, 6) is 0.637. The monoisotopic (exact) mass is 385 g/mol. The first kappa shape index (κ1) is 19.4. The molecule has 1 aromatic heterocycles. The number of rotatable bonds is 6. The maximum Gasteiger partial charge on any atom is 0.226 e. The van der Waals surface area contributed by atoms with Gasteiger partial charge < -0.3 is 9.80 Å². The summed E-state index contributed by atoms with van der Waals surface area (Å²) in [4.78, 5) is 31.7. The van der Waals surface area contributed by atoms with E-state index in [0.29, 0.717) is 30.3 Å². The number of benzene rings is 1. The van der Waals surface area contributed by atoms with Gasteiger partial charge in [0.25, 0.3) is 0 Å². The summed E-state index contributed by atoms with van der Waals surface area (Å²) in [6.45, 7) is 3.36. The van der Waals surface area contributed by atoms with Crippen LogP contribution in [0.2, 0.25) is 5.15 Å². The van der Waals surface area contributed by atoms with Gasteiger partial charge in [-0.2, -0.15) is 0 Å². The van der Waals surface area contributed by atoms with Crippen molar-refractivity contribution in [1.82, 2.24) is 9.88 Å². The Morgan fingerprint density at radius 1 is 1.19 bits per heavy atom. The fourth-order valence-electron chi connectivity index (χ4n) is 3.21. The molecule has 2 amide bonds. The molecule has 0 unspecified atom stereocenters. The Bertz CT molecular complexity index is 799. The molecule has 2 heterocycles. The van der Waals surface area contributed by atoms with Crippen molar-refractivity contribution in [1.29, 1.82) is 0 Å². The molecule has 2 aromatic rings. The predicted molar refractivity (Wildman–Crippen MR) is 107 cm³/mol. The Morgan fingerprint density at radius 3 is 2.48 bits per heavy atom. The highest BCUT2D eigenvalue weighted by atomic mass is 35.5. The average Bonchev–Trinajstić information content (AvgIpc) is 2.65. The van der Waals surface area contributed by atoms with Crippen molar-refractivity contribution in [2.75, 3.05) is 25.0 Å². The first-order valence-electron chi connectivity index (χ1n) is 9.22. The highest BCUT2D eigenvalue weighted by Gasteiger charge is 2.31. The van der Waals surface area contributed by atoms with Gasteiger partial charge in [0.1, 0.15) is 5.15 Å². The van der Waals surface area contributed by atoms with Crippen molar-refractivity contribution in [3.63, 3.8) is 0 Å². The average molecular weight is 386 g/mol. The Kier molecular flexibility index (Phi) is 6.11. The second-order valence-corrected chi connectivity index (χ2v) is 7.27. The van der Waals surface area contributed by atoms with Crippen LogP contribution < -0.4 is 4.90 Å². The minimum atomic E-state index is 0.0963. The third-order valence-electron chi connectivity index (χ3n) is 5.08. The van der Waals surface area contributed by atoms with Gasteiger partial charge in [-0.25, -0.2) is 4.98 Å². The van der Waals surface area contributed by atoms with Crippen LogP contribution in [0.4, 0.5) is 5.69 Å². The first-order valence-corrected chi connectivity index (χ1v) is 9.60. The van der Waals surface area contributed by atoms with Crippen molar-refractivity contribution in [3.8, 4) is 0 Å². The Hall–Kier alpha value is -2.40. The zero-order chi connectivity index (χ0) is 19.4. The van der Waals surface area contributed by atoms with Gasteiger partial charge in [-0.3, -0.25) is 9.59 Å². The first-order chi connectivity index (χ1) is 13.0. The van der Waals surface area contributed by atoms with Crippen molar-refractivity contribution in [2.45, 2.75) is 32.1 Å². The summed E-state index contributed by atoms with van der Waals surface area (Å²) in [5, 5.41) is 0.465. The van der Waals surface area contributed by atoms with E-state index in [1.807, 2.05) is 30.0 Å². The lowest BCUT2D eigenvalue weighted by atomic mass is 9.91. The molecule has 1 aliphatic heterocycles. The molecule has 3 rings (SSSR count). The van der Waals surface area contributed by atoms with E-state index in [0.717, 1.165) is 24.3 Å². The van der Waals surface area contributed by atoms with E-state index in [4.69, 9.17) is 11.6 Å². The molecular weight excluding hydrogens is 362 g/mol. The molecule has 0 atom stereocenters. The normalized spacial score (nSPS) is 14.0. The molecule has 0 spiro atoms. The van der Waals surface area contributed by atoms with Crippen molar-refractivity contribution in [2.24, 2.45) is 0 Å². The molecule has 142 valence electrons. The van der Waals surface area contributed by atoms with Gasteiger partial charge in [-0.1, -0.05) is 36.7 Å². The van der Waals surface area contributed by atoms with Crippen LogP contribution in [-0.2, 0) is 16.0 Å². The number of amides is 2. The van der Waals surface area contributed by atoms with Crippen LogP contribution >= 0.6 is 11.6 Å². The minimum Gasteiger partial charge on any atom is -0.341 e. The summed E-state index contributed by atoms with van der Waals surface area (Å²) in [5.41, 5.74) is 3.13. The maximum atomic E-state index is 12.3. The van der Waals surface area contributed by atoms with Crippen LogP contribution in [0, 0.1) is 0 Å². The number of carbonyl (C=O) groups excluding carboxylic acids is 2. The second kappa shape index (κ2) is 8.53. The number of hydrogen-bond donors (Lipinski definition) is 0. The molecule has 0 aliphatic carbocycles. The highest BCUT2D eigenvalue weighted by molar-refractivity contribution is 6.29. The van der Waals surface area contributed by atoms with Gasteiger partial charge in [-0.05, 0) is 35.7 Å². The zero-order valence-corrected chi connectivity index (χ0v) is 16.4. The third-order valence-corrected chi connectivity index (χ3v) is 5.30. The lowest BCUT2D eigenvalue weighted by molar-refractivity contribution is -0.135. The molecule has 0 bridgehead atoms. The molecular formula is C21H24ClN3O2. The van der Waals surface area contributed by atoms with Crippen LogP contribution in [0.3, 0.4) is 0 Å². The van der Waals surface area contributed by atoms with E-state index in [1.54, 1.807) is 24.2 Å². The van der Waals surface area contributed by atoms with Gasteiger partial charge in [0.05, 0.1) is 0 Å². The number of aromatic nitrogens is 1. The fourth-order valence-corrected chi connectivity index (χ4v) is 3.32. The lowest BCUT2D eigenvalue weighted by Gasteiger charge is -2.40. The standard InChI is InChI=1S/C21H24ClN3O2/c1-3-20(26)24(2)18-8-6-16(7-9-18)17-13-25(14-17)21(27)11-5-15-4-10-19(22)23-12-15/h4,6-10,12,17H,3,5,11,13-14H2,1-2H3. The molecule has 1 aliphatic rings. The van der Waals surface area contributed by atoms with Crippen LogP contribution in [0.15, 0.2) is 42.6 Å². The van der Waals surface area contributed by atoms with Gasteiger partial charge in [-0.15, -0.1) is 0 Å². The molecule has 6 heteroatoms. The number of halogens is 1. The Morgan fingerprint density at radius 2 is 1.89 bits per heavy atom. The number of pyridine rings is 1. The highest BCUT2D eigenvalue weighted by Crippen LogP contribution is 2.29.